The van der Waals surface area contributed by atoms with E-state index in [9.17, 15) is 8.42 Å². The van der Waals surface area contributed by atoms with Crippen LogP contribution in [-0.2, 0) is 16.4 Å². The van der Waals surface area contributed by atoms with Gasteiger partial charge in [0.2, 0.25) is 0 Å². The van der Waals surface area contributed by atoms with Gasteiger partial charge in [-0.1, -0.05) is 54.3 Å². The predicted molar refractivity (Wildman–Crippen MR) is 82.6 cm³/mol. The maximum Gasteiger partial charge on any atom is 0.150 e. The summed E-state index contributed by atoms with van der Waals surface area (Å²) >= 11 is 6.52. The number of thiocarbonyl (C=S) groups is 1. The standard InChI is InChI=1S/C12H17NO2S3/c1-10(18(2,14)15)9-17-12(16)13-8-11-6-4-3-5-7-11/h3-7,10H,8-9H2,1-2H3,(H,13,16). The summed E-state index contributed by atoms with van der Waals surface area (Å²) in [5.41, 5.74) is 1.15. The molecule has 1 aromatic rings. The van der Waals surface area contributed by atoms with Crippen molar-refractivity contribution in [1.29, 1.82) is 0 Å². The summed E-state index contributed by atoms with van der Waals surface area (Å²) in [6.45, 7) is 2.36. The molecule has 1 unspecified atom stereocenters. The molecule has 0 spiro atoms. The van der Waals surface area contributed by atoms with E-state index in [1.165, 1.54) is 18.0 Å². The molecular formula is C12H17NO2S3. The lowest BCUT2D eigenvalue weighted by Gasteiger charge is -2.11. The molecule has 0 amide bonds. The highest BCUT2D eigenvalue weighted by atomic mass is 32.2. The van der Waals surface area contributed by atoms with Crippen LogP contribution in [0.5, 0.6) is 0 Å². The van der Waals surface area contributed by atoms with Crippen molar-refractivity contribution < 1.29 is 8.42 Å². The number of hydrogen-bond acceptors (Lipinski definition) is 4. The molecule has 18 heavy (non-hydrogen) atoms. The minimum atomic E-state index is -2.97. The lowest BCUT2D eigenvalue weighted by molar-refractivity contribution is 0.594. The molecule has 0 radical (unpaired) electrons. The zero-order chi connectivity index (χ0) is 13.6. The summed E-state index contributed by atoms with van der Waals surface area (Å²) < 4.78 is 23.1. The quantitative estimate of drug-likeness (QED) is 0.845. The second-order valence-electron chi connectivity index (χ2n) is 4.08. The maximum absolute atomic E-state index is 11.2. The fourth-order valence-corrected chi connectivity index (χ4v) is 3.17. The molecule has 1 atom stereocenters. The van der Waals surface area contributed by atoms with Crippen molar-refractivity contribution >= 4 is 38.1 Å². The molecule has 6 heteroatoms. The van der Waals surface area contributed by atoms with E-state index in [2.05, 4.69) is 5.32 Å². The minimum Gasteiger partial charge on any atom is -0.367 e. The Morgan fingerprint density at radius 2 is 2.00 bits per heavy atom. The molecule has 0 saturated heterocycles. The number of thioether (sulfide) groups is 1. The average Bonchev–Trinajstić information content (AvgIpc) is 2.33. The molecule has 3 nitrogen and oxygen atoms in total. The van der Waals surface area contributed by atoms with Crippen molar-refractivity contribution in [1.82, 2.24) is 5.32 Å². The van der Waals surface area contributed by atoms with Gasteiger partial charge in [-0.3, -0.25) is 0 Å². The number of hydrogen-bond donors (Lipinski definition) is 1. The van der Waals surface area contributed by atoms with Gasteiger partial charge in [0.1, 0.15) is 4.32 Å². The molecule has 0 fully saturated rings. The third-order valence-corrected chi connectivity index (χ3v) is 5.87. The van der Waals surface area contributed by atoms with Crippen LogP contribution in [-0.4, -0.2) is 30.0 Å². The van der Waals surface area contributed by atoms with E-state index in [4.69, 9.17) is 12.2 Å². The first-order valence-electron chi connectivity index (χ1n) is 5.53. The van der Waals surface area contributed by atoms with Gasteiger partial charge in [0.15, 0.2) is 9.84 Å². The van der Waals surface area contributed by atoms with Crippen LogP contribution in [0.25, 0.3) is 0 Å². The van der Waals surface area contributed by atoms with E-state index in [-0.39, 0.29) is 5.25 Å². The van der Waals surface area contributed by atoms with Gasteiger partial charge in [0.25, 0.3) is 0 Å². The van der Waals surface area contributed by atoms with Gasteiger partial charge in [-0.05, 0) is 12.5 Å². The Bertz CT molecular complexity index is 485. The van der Waals surface area contributed by atoms with E-state index in [1.807, 2.05) is 30.3 Å². The third-order valence-electron chi connectivity index (χ3n) is 2.46. The largest absolute Gasteiger partial charge is 0.367 e. The summed E-state index contributed by atoms with van der Waals surface area (Å²) in [5.74, 6) is 0.486. The normalized spacial score (nSPS) is 13.0. The fraction of sp³-hybridized carbons (Fsp3) is 0.417. The van der Waals surface area contributed by atoms with Gasteiger partial charge >= 0.3 is 0 Å². The Balaban J connectivity index is 2.31. The molecule has 1 N–H and O–H groups in total. The summed E-state index contributed by atoms with van der Waals surface area (Å²) in [7, 11) is -2.97. The van der Waals surface area contributed by atoms with Crippen molar-refractivity contribution in [2.45, 2.75) is 18.7 Å². The molecule has 0 aliphatic heterocycles. The van der Waals surface area contributed by atoms with E-state index < -0.39 is 9.84 Å². The maximum atomic E-state index is 11.2. The van der Waals surface area contributed by atoms with Crippen LogP contribution in [0.4, 0.5) is 0 Å². The molecule has 0 heterocycles. The van der Waals surface area contributed by atoms with Crippen molar-refractivity contribution in [3.8, 4) is 0 Å². The van der Waals surface area contributed by atoms with Gasteiger partial charge in [0, 0.05) is 18.6 Å². The first kappa shape index (κ1) is 15.5. The molecule has 0 aliphatic carbocycles. The summed E-state index contributed by atoms with van der Waals surface area (Å²) in [6, 6.07) is 9.93. The molecule has 100 valence electrons. The molecular weight excluding hydrogens is 286 g/mol. The molecule has 0 saturated carbocycles. The summed E-state index contributed by atoms with van der Waals surface area (Å²) in [4.78, 5) is 0. The monoisotopic (exact) mass is 303 g/mol. The molecule has 1 aromatic carbocycles. The van der Waals surface area contributed by atoms with E-state index in [0.717, 1.165) is 5.56 Å². The van der Waals surface area contributed by atoms with E-state index in [1.54, 1.807) is 6.92 Å². The van der Waals surface area contributed by atoms with Crippen LogP contribution in [0.3, 0.4) is 0 Å². The van der Waals surface area contributed by atoms with E-state index >= 15 is 0 Å². The highest BCUT2D eigenvalue weighted by Gasteiger charge is 2.15. The van der Waals surface area contributed by atoms with Crippen LogP contribution in [0.1, 0.15) is 12.5 Å². The lowest BCUT2D eigenvalue weighted by atomic mass is 10.2. The minimum absolute atomic E-state index is 0.376. The Morgan fingerprint density at radius 3 is 2.56 bits per heavy atom. The third kappa shape index (κ3) is 5.84. The first-order valence-corrected chi connectivity index (χ1v) is 8.88. The van der Waals surface area contributed by atoms with Gasteiger partial charge < -0.3 is 5.32 Å². The summed E-state index contributed by atoms with van der Waals surface area (Å²) in [5, 5.41) is 2.73. The smallest absolute Gasteiger partial charge is 0.150 e. The van der Waals surface area contributed by atoms with E-state index in [0.29, 0.717) is 16.6 Å². The van der Waals surface area contributed by atoms with Crippen molar-refractivity contribution in [2.75, 3.05) is 12.0 Å². The molecule has 0 aliphatic rings. The van der Waals surface area contributed by atoms with Crippen LogP contribution in [0, 0.1) is 0 Å². The Hall–Kier alpha value is -0.590. The van der Waals surface area contributed by atoms with Crippen LogP contribution >= 0.6 is 24.0 Å². The fourth-order valence-electron chi connectivity index (χ4n) is 1.14. The van der Waals surface area contributed by atoms with Gasteiger partial charge in [-0.25, -0.2) is 8.42 Å². The Labute approximate surface area is 118 Å². The first-order chi connectivity index (χ1) is 8.39. The number of benzene rings is 1. The number of rotatable bonds is 5. The van der Waals surface area contributed by atoms with Crippen LogP contribution < -0.4 is 5.32 Å². The van der Waals surface area contributed by atoms with Gasteiger partial charge in [0.05, 0.1) is 5.25 Å². The highest BCUT2D eigenvalue weighted by Crippen LogP contribution is 2.10. The van der Waals surface area contributed by atoms with Crippen LogP contribution in [0.15, 0.2) is 30.3 Å². The van der Waals surface area contributed by atoms with Crippen molar-refractivity contribution in [3.05, 3.63) is 35.9 Å². The zero-order valence-corrected chi connectivity index (χ0v) is 12.9. The predicted octanol–water partition coefficient (Wildman–Crippen LogP) is 2.23. The average molecular weight is 303 g/mol. The molecule has 0 bridgehead atoms. The van der Waals surface area contributed by atoms with Crippen molar-refractivity contribution in [2.24, 2.45) is 0 Å². The van der Waals surface area contributed by atoms with Crippen molar-refractivity contribution in [3.63, 3.8) is 0 Å². The Kier molecular flexibility index (Phi) is 6.11. The highest BCUT2D eigenvalue weighted by molar-refractivity contribution is 8.23. The van der Waals surface area contributed by atoms with Crippen LogP contribution in [0.2, 0.25) is 0 Å². The zero-order valence-electron chi connectivity index (χ0n) is 10.4. The molecule has 1 rings (SSSR count). The summed E-state index contributed by atoms with van der Waals surface area (Å²) in [6.07, 6.45) is 1.25. The lowest BCUT2D eigenvalue weighted by Crippen LogP contribution is -2.23. The number of nitrogens with one attached hydrogen (secondary N) is 1. The van der Waals surface area contributed by atoms with Gasteiger partial charge in [-0.2, -0.15) is 0 Å². The van der Waals surface area contributed by atoms with Gasteiger partial charge in [-0.15, -0.1) is 0 Å². The second-order valence-corrected chi connectivity index (χ2v) is 8.24. The Morgan fingerprint density at radius 1 is 1.39 bits per heavy atom. The number of sulfone groups is 1. The topological polar surface area (TPSA) is 46.2 Å². The SMILES string of the molecule is CC(CSC(=S)NCc1ccccc1)S(C)(=O)=O. The molecule has 0 aromatic heterocycles. The second kappa shape index (κ2) is 7.11.